The van der Waals surface area contributed by atoms with Crippen molar-refractivity contribution in [1.82, 2.24) is 0 Å². The summed E-state index contributed by atoms with van der Waals surface area (Å²) in [5.41, 5.74) is 6.37. The third-order valence-electron chi connectivity index (χ3n) is 3.56. The van der Waals surface area contributed by atoms with Crippen LogP contribution in [0.3, 0.4) is 0 Å². The van der Waals surface area contributed by atoms with Crippen molar-refractivity contribution in [3.05, 3.63) is 54.1 Å². The second kappa shape index (κ2) is 7.35. The van der Waals surface area contributed by atoms with Crippen molar-refractivity contribution in [3.63, 3.8) is 0 Å². The number of hydrogen-bond acceptors (Lipinski definition) is 4. The van der Waals surface area contributed by atoms with Gasteiger partial charge in [0.05, 0.1) is 17.7 Å². The van der Waals surface area contributed by atoms with Gasteiger partial charge in [-0.1, -0.05) is 18.2 Å². The lowest BCUT2D eigenvalue weighted by molar-refractivity contribution is -0.117. The van der Waals surface area contributed by atoms with Gasteiger partial charge in [0.1, 0.15) is 5.75 Å². The Morgan fingerprint density at radius 1 is 1.17 bits per heavy atom. The largest absolute Gasteiger partial charge is 0.496 e. The van der Waals surface area contributed by atoms with E-state index in [0.717, 1.165) is 0 Å². The molecule has 0 unspecified atom stereocenters. The molecule has 128 valence electrons. The summed E-state index contributed by atoms with van der Waals surface area (Å²) in [4.78, 5) is 11.3. The Kier molecular flexibility index (Phi) is 5.46. The fraction of sp³-hybridized carbons (Fsp3) is 0.235. The predicted octanol–water partition coefficient (Wildman–Crippen LogP) is 2.07. The van der Waals surface area contributed by atoms with Crippen LogP contribution >= 0.6 is 0 Å². The van der Waals surface area contributed by atoms with Crippen molar-refractivity contribution in [1.29, 1.82) is 0 Å². The molecule has 0 saturated carbocycles. The van der Waals surface area contributed by atoms with E-state index in [0.29, 0.717) is 17.0 Å². The monoisotopic (exact) mass is 348 g/mol. The third-order valence-corrected chi connectivity index (χ3v) is 5.38. The molecular weight excluding hydrogens is 328 g/mol. The summed E-state index contributed by atoms with van der Waals surface area (Å²) in [6.07, 6.45) is -0.0662. The first-order chi connectivity index (χ1) is 11.4. The third kappa shape index (κ3) is 3.86. The molecule has 2 aromatic carbocycles. The Bertz CT molecular complexity index is 820. The molecule has 0 radical (unpaired) electrons. The van der Waals surface area contributed by atoms with Crippen LogP contribution in [0.25, 0.3) is 0 Å². The van der Waals surface area contributed by atoms with Gasteiger partial charge in [-0.3, -0.25) is 9.10 Å². The summed E-state index contributed by atoms with van der Waals surface area (Å²) in [7, 11) is -2.30. The second-order valence-electron chi connectivity index (χ2n) is 5.26. The van der Waals surface area contributed by atoms with E-state index in [-0.39, 0.29) is 17.9 Å². The van der Waals surface area contributed by atoms with Gasteiger partial charge < -0.3 is 10.5 Å². The molecule has 24 heavy (non-hydrogen) atoms. The van der Waals surface area contributed by atoms with Crippen LogP contribution in [0.1, 0.15) is 12.0 Å². The molecule has 6 nitrogen and oxygen atoms in total. The first-order valence-electron chi connectivity index (χ1n) is 7.37. The van der Waals surface area contributed by atoms with Gasteiger partial charge >= 0.3 is 0 Å². The molecule has 2 N–H and O–H groups in total. The van der Waals surface area contributed by atoms with Gasteiger partial charge in [0.2, 0.25) is 5.91 Å². The number of primary amides is 1. The van der Waals surface area contributed by atoms with E-state index in [2.05, 4.69) is 0 Å². The number of hydrogen-bond donors (Lipinski definition) is 1. The Balaban J connectivity index is 2.47. The highest BCUT2D eigenvalue weighted by Crippen LogP contribution is 2.27. The minimum Gasteiger partial charge on any atom is -0.496 e. The Morgan fingerprint density at radius 3 is 2.38 bits per heavy atom. The number of carbonyl (C=O) groups is 1. The van der Waals surface area contributed by atoms with Crippen molar-refractivity contribution < 1.29 is 17.9 Å². The van der Waals surface area contributed by atoms with Gasteiger partial charge in [0.15, 0.2) is 0 Å². The number of nitrogens with two attached hydrogens (primary N) is 1. The highest BCUT2D eigenvalue weighted by Gasteiger charge is 2.25. The van der Waals surface area contributed by atoms with Crippen LogP contribution in [0, 0.1) is 6.92 Å². The van der Waals surface area contributed by atoms with Gasteiger partial charge in [-0.15, -0.1) is 0 Å². The number of carbonyl (C=O) groups excluding carboxylic acids is 1. The molecule has 0 saturated heterocycles. The van der Waals surface area contributed by atoms with E-state index in [1.54, 1.807) is 49.4 Å². The maximum absolute atomic E-state index is 13.0. The molecule has 0 atom stereocenters. The highest BCUT2D eigenvalue weighted by molar-refractivity contribution is 7.92. The van der Waals surface area contributed by atoms with Gasteiger partial charge in [-0.25, -0.2) is 8.42 Å². The lowest BCUT2D eigenvalue weighted by Gasteiger charge is -2.24. The van der Waals surface area contributed by atoms with Crippen LogP contribution in [0.15, 0.2) is 53.4 Å². The van der Waals surface area contributed by atoms with E-state index in [1.165, 1.54) is 17.5 Å². The van der Waals surface area contributed by atoms with Crippen LogP contribution in [-0.4, -0.2) is 28.0 Å². The van der Waals surface area contributed by atoms with Crippen LogP contribution in [-0.2, 0) is 14.8 Å². The van der Waals surface area contributed by atoms with E-state index < -0.39 is 15.9 Å². The molecule has 0 aromatic heterocycles. The number of rotatable bonds is 7. The molecule has 0 heterocycles. The van der Waals surface area contributed by atoms with Gasteiger partial charge in [0.25, 0.3) is 10.0 Å². The van der Waals surface area contributed by atoms with Crippen LogP contribution in [0.4, 0.5) is 5.69 Å². The number of nitrogens with zero attached hydrogens (tertiary/aromatic N) is 1. The molecule has 0 bridgehead atoms. The molecule has 0 aliphatic rings. The quantitative estimate of drug-likeness (QED) is 0.829. The number of aryl methyl sites for hydroxylation is 1. The first kappa shape index (κ1) is 17.8. The molecule has 0 aliphatic carbocycles. The average molecular weight is 348 g/mol. The minimum absolute atomic E-state index is 0.0211. The van der Waals surface area contributed by atoms with Crippen LogP contribution < -0.4 is 14.8 Å². The van der Waals surface area contributed by atoms with Gasteiger partial charge in [0, 0.05) is 13.0 Å². The Hall–Kier alpha value is -2.54. The number of anilines is 1. The SMILES string of the molecule is COc1ccc(S(=O)(=O)N(CCC(N)=O)c2ccccc2)cc1C. The molecule has 2 aromatic rings. The molecule has 0 spiro atoms. The van der Waals surface area contributed by atoms with Gasteiger partial charge in [-0.2, -0.15) is 0 Å². The zero-order valence-corrected chi connectivity index (χ0v) is 14.4. The fourth-order valence-electron chi connectivity index (χ4n) is 2.33. The van der Waals surface area contributed by atoms with E-state index in [1.807, 2.05) is 0 Å². The molecular formula is C17H20N2O4S. The zero-order chi connectivity index (χ0) is 17.7. The summed E-state index contributed by atoms with van der Waals surface area (Å²) in [5, 5.41) is 0. The van der Waals surface area contributed by atoms with Crippen molar-refractivity contribution in [3.8, 4) is 5.75 Å². The standard InChI is InChI=1S/C17H20N2O4S/c1-13-12-15(8-9-16(13)23-2)24(21,22)19(11-10-17(18)20)14-6-4-3-5-7-14/h3-9,12H,10-11H2,1-2H3,(H2,18,20). The van der Waals surface area contributed by atoms with Gasteiger partial charge in [-0.05, 0) is 42.8 Å². The zero-order valence-electron chi connectivity index (χ0n) is 13.6. The number of benzene rings is 2. The van der Waals surface area contributed by atoms with E-state index in [4.69, 9.17) is 10.5 Å². The minimum atomic E-state index is -3.83. The highest BCUT2D eigenvalue weighted by atomic mass is 32.2. The molecule has 1 amide bonds. The van der Waals surface area contributed by atoms with Crippen molar-refractivity contribution >= 4 is 21.6 Å². The van der Waals surface area contributed by atoms with E-state index in [9.17, 15) is 13.2 Å². The maximum atomic E-state index is 13.0. The molecule has 7 heteroatoms. The summed E-state index contributed by atoms with van der Waals surface area (Å²) >= 11 is 0. The lowest BCUT2D eigenvalue weighted by atomic mass is 10.2. The van der Waals surface area contributed by atoms with Crippen molar-refractivity contribution in [2.24, 2.45) is 5.73 Å². The predicted molar refractivity (Wildman–Crippen MR) is 92.5 cm³/mol. The van der Waals surface area contributed by atoms with Crippen LogP contribution in [0.2, 0.25) is 0 Å². The fourth-order valence-corrected chi connectivity index (χ4v) is 3.88. The lowest BCUT2D eigenvalue weighted by Crippen LogP contribution is -2.34. The Morgan fingerprint density at radius 2 is 1.83 bits per heavy atom. The summed E-state index contributed by atoms with van der Waals surface area (Å²) in [6.45, 7) is 1.75. The Labute approximate surface area is 141 Å². The van der Waals surface area contributed by atoms with E-state index >= 15 is 0 Å². The average Bonchev–Trinajstić information content (AvgIpc) is 2.55. The summed E-state index contributed by atoms with van der Waals surface area (Å²) in [5.74, 6) is 0.0504. The number of ether oxygens (including phenoxy) is 1. The summed E-state index contributed by atoms with van der Waals surface area (Å²) < 4.78 is 32.4. The molecule has 2 rings (SSSR count). The van der Waals surface area contributed by atoms with Crippen molar-refractivity contribution in [2.75, 3.05) is 18.0 Å². The number of para-hydroxylation sites is 1. The number of sulfonamides is 1. The second-order valence-corrected chi connectivity index (χ2v) is 7.12. The summed E-state index contributed by atoms with van der Waals surface area (Å²) in [6, 6.07) is 13.3. The van der Waals surface area contributed by atoms with Crippen LogP contribution in [0.5, 0.6) is 5.75 Å². The number of amides is 1. The first-order valence-corrected chi connectivity index (χ1v) is 8.81. The molecule has 0 fully saturated rings. The number of methoxy groups -OCH3 is 1. The molecule has 0 aliphatic heterocycles. The smallest absolute Gasteiger partial charge is 0.264 e. The van der Waals surface area contributed by atoms with Crippen molar-refractivity contribution in [2.45, 2.75) is 18.2 Å². The normalized spacial score (nSPS) is 11.1. The topological polar surface area (TPSA) is 89.7 Å². The maximum Gasteiger partial charge on any atom is 0.264 e.